The SMILES string of the molecule is C[C-]=O.C[C-]=O.C[C-]=O.C[C-]=O.C[C-]=O.[Ta+5]. The molecule has 0 aliphatic carbocycles. The number of hydrogen-bond donors (Lipinski definition) is 0. The molecule has 0 spiro atoms. The van der Waals surface area contributed by atoms with E-state index in [2.05, 4.69) is 0 Å². The molecule has 0 saturated carbocycles. The molecule has 0 amide bonds. The Hall–Kier alpha value is -0.910. The van der Waals surface area contributed by atoms with Crippen molar-refractivity contribution in [2.75, 3.05) is 0 Å². The molecule has 0 radical (unpaired) electrons. The average Bonchev–Trinajstić information content (AvgIpc) is 2.09. The van der Waals surface area contributed by atoms with Crippen molar-refractivity contribution in [2.45, 2.75) is 34.6 Å². The Morgan fingerprint density at radius 2 is 0.438 bits per heavy atom. The van der Waals surface area contributed by atoms with E-state index in [0.717, 1.165) is 0 Å². The zero-order chi connectivity index (χ0) is 13.5. The number of carbonyl (C=O) groups excluding carboxylic acids is 5. The molecular formula is C10H15O5Ta. The minimum absolute atomic E-state index is 0. The normalized spacial score (nSPS) is 4.06. The third-order valence-corrected chi connectivity index (χ3v) is 0. The summed E-state index contributed by atoms with van der Waals surface area (Å²) in [5.74, 6) is 0. The van der Waals surface area contributed by atoms with E-state index in [0.29, 0.717) is 0 Å². The second-order valence-corrected chi connectivity index (χ2v) is 1.02. The van der Waals surface area contributed by atoms with Crippen LogP contribution in [0.3, 0.4) is 0 Å². The van der Waals surface area contributed by atoms with Crippen molar-refractivity contribution in [1.29, 1.82) is 0 Å². The summed E-state index contributed by atoms with van der Waals surface area (Å²) in [6.45, 7) is 6.60. The van der Waals surface area contributed by atoms with Crippen LogP contribution in [-0.2, 0) is 46.4 Å². The van der Waals surface area contributed by atoms with Crippen LogP contribution in [0.4, 0.5) is 0 Å². The summed E-state index contributed by atoms with van der Waals surface area (Å²) in [5.41, 5.74) is 0. The Morgan fingerprint density at radius 3 is 0.438 bits per heavy atom. The molecule has 0 aromatic rings. The van der Waals surface area contributed by atoms with Crippen molar-refractivity contribution in [2.24, 2.45) is 0 Å². The van der Waals surface area contributed by atoms with Gasteiger partial charge in [0.25, 0.3) is 0 Å². The predicted octanol–water partition coefficient (Wildman–Crippen LogP) is 0.578. The summed E-state index contributed by atoms with van der Waals surface area (Å²) >= 11 is 0. The zero-order valence-electron chi connectivity index (χ0n) is 9.99. The van der Waals surface area contributed by atoms with Gasteiger partial charge in [0.1, 0.15) is 0 Å². The summed E-state index contributed by atoms with van der Waals surface area (Å²) in [4.78, 5) is 43.4. The Morgan fingerprint density at radius 1 is 0.438 bits per heavy atom. The number of rotatable bonds is 0. The molecule has 0 atom stereocenters. The molecule has 0 fully saturated rings. The first kappa shape index (κ1) is 36.3. The van der Waals surface area contributed by atoms with Crippen molar-refractivity contribution >= 4 is 31.4 Å². The van der Waals surface area contributed by atoms with Gasteiger partial charge in [0.15, 0.2) is 0 Å². The molecule has 6 heteroatoms. The second kappa shape index (κ2) is 144. The van der Waals surface area contributed by atoms with Gasteiger partial charge in [0.2, 0.25) is 0 Å². The van der Waals surface area contributed by atoms with Crippen molar-refractivity contribution in [3.05, 3.63) is 0 Å². The van der Waals surface area contributed by atoms with Gasteiger partial charge in [0, 0.05) is 0 Å². The first-order chi connectivity index (χ1) is 7.07. The molecule has 5 nitrogen and oxygen atoms in total. The van der Waals surface area contributed by atoms with Crippen molar-refractivity contribution in [3.8, 4) is 0 Å². The van der Waals surface area contributed by atoms with Crippen LogP contribution >= 0.6 is 0 Å². The maximum absolute atomic E-state index is 8.68. The van der Waals surface area contributed by atoms with E-state index < -0.39 is 0 Å². The Kier molecular flexibility index (Phi) is 327. The first-order valence-corrected chi connectivity index (χ1v) is 3.52. The minimum Gasteiger partial charge on any atom is -0.542 e. The molecule has 0 bridgehead atoms. The van der Waals surface area contributed by atoms with E-state index in [1.54, 1.807) is 0 Å². The van der Waals surface area contributed by atoms with Crippen LogP contribution in [0, 0.1) is 0 Å². The van der Waals surface area contributed by atoms with Gasteiger partial charge >= 0.3 is 22.4 Å². The van der Waals surface area contributed by atoms with E-state index in [9.17, 15) is 0 Å². The van der Waals surface area contributed by atoms with Crippen LogP contribution in [-0.4, -0.2) is 31.4 Å². The Balaban J connectivity index is -0.0000000192. The van der Waals surface area contributed by atoms with E-state index in [4.69, 9.17) is 24.0 Å². The van der Waals surface area contributed by atoms with Crippen LogP contribution in [0.5, 0.6) is 0 Å². The summed E-state index contributed by atoms with van der Waals surface area (Å²) in [6, 6.07) is 0. The molecule has 0 aromatic heterocycles. The van der Waals surface area contributed by atoms with Crippen LogP contribution in [0.2, 0.25) is 0 Å². The van der Waals surface area contributed by atoms with E-state index in [-0.39, 0.29) is 22.4 Å². The fourth-order valence-electron chi connectivity index (χ4n) is 0. The molecule has 0 saturated heterocycles. The monoisotopic (exact) mass is 396 g/mol. The Bertz CT molecular complexity index is 91.5. The topological polar surface area (TPSA) is 85.3 Å². The van der Waals surface area contributed by atoms with Crippen molar-refractivity contribution in [3.63, 3.8) is 0 Å². The van der Waals surface area contributed by atoms with Crippen LogP contribution in [0.15, 0.2) is 0 Å². The molecule has 0 rings (SSSR count). The third kappa shape index (κ3) is 2310. The van der Waals surface area contributed by atoms with E-state index in [1.807, 2.05) is 0 Å². The van der Waals surface area contributed by atoms with Gasteiger partial charge in [0.05, 0.1) is 0 Å². The maximum atomic E-state index is 8.68. The first-order valence-electron chi connectivity index (χ1n) is 3.52. The molecule has 0 heterocycles. The standard InChI is InChI=1S/5C2H3O.Ta/c5*1-2-3;/h5*1H3;/q5*-1;+5. The van der Waals surface area contributed by atoms with Gasteiger partial charge < -0.3 is 24.0 Å². The van der Waals surface area contributed by atoms with Crippen LogP contribution in [0.25, 0.3) is 0 Å². The quantitative estimate of drug-likeness (QED) is 0.560. The third-order valence-electron chi connectivity index (χ3n) is 0. The van der Waals surface area contributed by atoms with Crippen LogP contribution < -0.4 is 0 Å². The molecule has 16 heavy (non-hydrogen) atoms. The fourth-order valence-corrected chi connectivity index (χ4v) is 0. The van der Waals surface area contributed by atoms with Gasteiger partial charge in [-0.15, -0.1) is 0 Å². The summed E-state index contributed by atoms with van der Waals surface area (Å²) in [7, 11) is 0. The van der Waals surface area contributed by atoms with Crippen molar-refractivity contribution in [1.82, 2.24) is 0 Å². The largest absolute Gasteiger partial charge is 5.00 e. The fraction of sp³-hybridized carbons (Fsp3) is 0.500. The van der Waals surface area contributed by atoms with Gasteiger partial charge in [-0.25, -0.2) is 0 Å². The molecule has 0 aromatic carbocycles. The smallest absolute Gasteiger partial charge is 0.542 e. The summed E-state index contributed by atoms with van der Waals surface area (Å²) < 4.78 is 0. The van der Waals surface area contributed by atoms with E-state index >= 15 is 0 Å². The van der Waals surface area contributed by atoms with Gasteiger partial charge in [-0.1, -0.05) is 0 Å². The second-order valence-electron chi connectivity index (χ2n) is 1.02. The van der Waals surface area contributed by atoms with Gasteiger partial charge in [-0.3, -0.25) is 31.4 Å². The van der Waals surface area contributed by atoms with Gasteiger partial charge in [-0.2, -0.15) is 34.6 Å². The molecule has 0 aliphatic rings. The number of hydrogen-bond acceptors (Lipinski definition) is 5. The predicted molar refractivity (Wildman–Crippen MR) is 56.8 cm³/mol. The van der Waals surface area contributed by atoms with Crippen LogP contribution in [0.1, 0.15) is 34.6 Å². The van der Waals surface area contributed by atoms with E-state index in [1.165, 1.54) is 66.0 Å². The molecule has 0 N–H and O–H groups in total. The van der Waals surface area contributed by atoms with Crippen molar-refractivity contribution < 1.29 is 46.4 Å². The van der Waals surface area contributed by atoms with Gasteiger partial charge in [-0.05, 0) is 0 Å². The average molecular weight is 396 g/mol. The molecule has 90 valence electrons. The Labute approximate surface area is 112 Å². The summed E-state index contributed by atoms with van der Waals surface area (Å²) in [5, 5.41) is 0. The maximum Gasteiger partial charge on any atom is 5.00 e. The molecule has 0 aliphatic heterocycles. The molecule has 0 unspecified atom stereocenters. The molecular weight excluding hydrogens is 381 g/mol. The summed E-state index contributed by atoms with van der Waals surface area (Å²) in [6.07, 6.45) is 7.50. The zero-order valence-corrected chi connectivity index (χ0v) is 13.2. The minimum atomic E-state index is 0.